The van der Waals surface area contributed by atoms with E-state index in [0.717, 1.165) is 11.3 Å². The molecule has 0 saturated heterocycles. The van der Waals surface area contributed by atoms with Gasteiger partial charge in [0.05, 0.1) is 17.4 Å². The number of nitrogens with zero attached hydrogens (tertiary/aromatic N) is 3. The minimum Gasteiger partial charge on any atom is -0.311 e. The van der Waals surface area contributed by atoms with Gasteiger partial charge in [-0.25, -0.2) is 4.39 Å². The van der Waals surface area contributed by atoms with Crippen LogP contribution in [0.4, 0.5) is 4.39 Å². The zero-order chi connectivity index (χ0) is 14.0. The first-order chi connectivity index (χ1) is 9.04. The Balaban J connectivity index is 2.32. The monoisotopic (exact) mass is 282 g/mol. The molecule has 0 aromatic carbocycles. The molecule has 2 aromatic rings. The fraction of sp³-hybridized carbons (Fsp3) is 0.385. The minimum absolute atomic E-state index is 0.235. The summed E-state index contributed by atoms with van der Waals surface area (Å²) >= 11 is 6.20. The van der Waals surface area contributed by atoms with Crippen LogP contribution in [0.2, 0.25) is 5.15 Å². The van der Waals surface area contributed by atoms with Crippen LogP contribution in [0.5, 0.6) is 0 Å². The SMILES string of the molecule is CNC(Cc1c(C)nn(C)c1Cl)c1ncccc1F. The molecule has 0 saturated carbocycles. The Morgan fingerprint density at radius 2 is 2.26 bits per heavy atom. The first kappa shape index (κ1) is 14.0. The highest BCUT2D eigenvalue weighted by Crippen LogP contribution is 2.25. The van der Waals surface area contributed by atoms with Gasteiger partial charge in [-0.15, -0.1) is 0 Å². The average Bonchev–Trinajstić information content (AvgIpc) is 2.63. The van der Waals surface area contributed by atoms with Gasteiger partial charge in [0.15, 0.2) is 0 Å². The third-order valence-electron chi connectivity index (χ3n) is 3.14. The number of rotatable bonds is 4. The van der Waals surface area contributed by atoms with E-state index in [1.807, 2.05) is 6.92 Å². The summed E-state index contributed by atoms with van der Waals surface area (Å²) < 4.78 is 15.4. The second-order valence-electron chi connectivity index (χ2n) is 4.39. The topological polar surface area (TPSA) is 42.7 Å². The van der Waals surface area contributed by atoms with Crippen molar-refractivity contribution in [1.29, 1.82) is 0 Å². The van der Waals surface area contributed by atoms with Crippen molar-refractivity contribution in [3.8, 4) is 0 Å². The third kappa shape index (κ3) is 2.77. The number of aromatic nitrogens is 3. The summed E-state index contributed by atoms with van der Waals surface area (Å²) in [7, 11) is 3.56. The van der Waals surface area contributed by atoms with Gasteiger partial charge >= 0.3 is 0 Å². The number of nitrogens with one attached hydrogen (secondary N) is 1. The molecule has 0 fully saturated rings. The van der Waals surface area contributed by atoms with E-state index in [-0.39, 0.29) is 11.9 Å². The van der Waals surface area contributed by atoms with E-state index >= 15 is 0 Å². The first-order valence-electron chi connectivity index (χ1n) is 6.00. The molecule has 0 spiro atoms. The fourth-order valence-corrected chi connectivity index (χ4v) is 2.35. The summed E-state index contributed by atoms with van der Waals surface area (Å²) in [6, 6.07) is 2.75. The Morgan fingerprint density at radius 1 is 1.53 bits per heavy atom. The number of pyridine rings is 1. The molecule has 6 heteroatoms. The van der Waals surface area contributed by atoms with E-state index < -0.39 is 0 Å². The van der Waals surface area contributed by atoms with Crippen LogP contribution in [-0.4, -0.2) is 21.8 Å². The Morgan fingerprint density at radius 3 is 2.79 bits per heavy atom. The largest absolute Gasteiger partial charge is 0.311 e. The van der Waals surface area contributed by atoms with Crippen molar-refractivity contribution >= 4 is 11.6 Å². The molecule has 1 unspecified atom stereocenters. The average molecular weight is 283 g/mol. The van der Waals surface area contributed by atoms with Crippen LogP contribution in [0.3, 0.4) is 0 Å². The van der Waals surface area contributed by atoms with Gasteiger partial charge in [-0.2, -0.15) is 5.10 Å². The molecular formula is C13H16ClFN4. The maximum Gasteiger partial charge on any atom is 0.146 e. The lowest BCUT2D eigenvalue weighted by atomic mass is 10.0. The molecular weight excluding hydrogens is 267 g/mol. The van der Waals surface area contributed by atoms with E-state index in [1.54, 1.807) is 31.0 Å². The maximum atomic E-state index is 13.8. The zero-order valence-electron chi connectivity index (χ0n) is 11.1. The highest BCUT2D eigenvalue weighted by atomic mass is 35.5. The summed E-state index contributed by atoms with van der Waals surface area (Å²) in [4.78, 5) is 4.10. The second-order valence-corrected chi connectivity index (χ2v) is 4.75. The minimum atomic E-state index is -0.320. The van der Waals surface area contributed by atoms with Gasteiger partial charge in [0.25, 0.3) is 0 Å². The smallest absolute Gasteiger partial charge is 0.146 e. The molecule has 0 radical (unpaired) electrons. The van der Waals surface area contributed by atoms with Crippen molar-refractivity contribution in [2.45, 2.75) is 19.4 Å². The summed E-state index contributed by atoms with van der Waals surface area (Å²) in [5, 5.41) is 7.91. The van der Waals surface area contributed by atoms with Gasteiger partial charge in [0.1, 0.15) is 11.0 Å². The van der Waals surface area contributed by atoms with Crippen LogP contribution in [0.25, 0.3) is 0 Å². The number of likely N-dealkylation sites (N-methyl/N-ethyl adjacent to an activating group) is 1. The van der Waals surface area contributed by atoms with Gasteiger partial charge in [0, 0.05) is 18.8 Å². The molecule has 102 valence electrons. The van der Waals surface area contributed by atoms with Crippen molar-refractivity contribution in [3.05, 3.63) is 46.3 Å². The van der Waals surface area contributed by atoms with Crippen molar-refractivity contribution in [2.24, 2.45) is 7.05 Å². The standard InChI is InChI=1S/C13H16ClFN4/c1-8-9(13(14)19(3)18-8)7-11(16-2)12-10(15)5-4-6-17-12/h4-6,11,16H,7H2,1-3H3. The predicted octanol–water partition coefficient (Wildman–Crippen LogP) is 2.42. The van der Waals surface area contributed by atoms with E-state index in [2.05, 4.69) is 15.4 Å². The molecule has 0 amide bonds. The van der Waals surface area contributed by atoms with Crippen LogP contribution in [-0.2, 0) is 13.5 Å². The second kappa shape index (κ2) is 5.67. The van der Waals surface area contributed by atoms with Crippen molar-refractivity contribution in [3.63, 3.8) is 0 Å². The van der Waals surface area contributed by atoms with Gasteiger partial charge in [-0.3, -0.25) is 9.67 Å². The molecule has 1 atom stereocenters. The highest BCUT2D eigenvalue weighted by molar-refractivity contribution is 6.30. The number of aryl methyl sites for hydroxylation is 2. The Bertz CT molecular complexity index is 582. The van der Waals surface area contributed by atoms with Crippen LogP contribution in [0.1, 0.15) is 23.0 Å². The number of hydrogen-bond acceptors (Lipinski definition) is 3. The normalized spacial score (nSPS) is 12.7. The molecule has 0 bridgehead atoms. The first-order valence-corrected chi connectivity index (χ1v) is 6.38. The number of halogens is 2. The zero-order valence-corrected chi connectivity index (χ0v) is 11.9. The van der Waals surface area contributed by atoms with E-state index in [9.17, 15) is 4.39 Å². The summed E-state index contributed by atoms with van der Waals surface area (Å²) in [6.45, 7) is 1.89. The third-order valence-corrected chi connectivity index (χ3v) is 3.62. The predicted molar refractivity (Wildman–Crippen MR) is 72.7 cm³/mol. The Labute approximate surface area is 116 Å². The molecule has 0 aliphatic heterocycles. The van der Waals surface area contributed by atoms with Crippen molar-refractivity contribution in [2.75, 3.05) is 7.05 Å². The fourth-order valence-electron chi connectivity index (χ4n) is 2.10. The molecule has 4 nitrogen and oxygen atoms in total. The summed E-state index contributed by atoms with van der Waals surface area (Å²) in [6.07, 6.45) is 2.13. The van der Waals surface area contributed by atoms with E-state index in [4.69, 9.17) is 11.6 Å². The van der Waals surface area contributed by atoms with Crippen molar-refractivity contribution in [1.82, 2.24) is 20.1 Å². The molecule has 1 N–H and O–H groups in total. The van der Waals surface area contributed by atoms with Gasteiger partial charge in [0.2, 0.25) is 0 Å². The van der Waals surface area contributed by atoms with Gasteiger partial charge < -0.3 is 5.32 Å². The molecule has 2 heterocycles. The van der Waals surface area contributed by atoms with E-state index in [1.165, 1.54) is 6.07 Å². The molecule has 0 aliphatic rings. The number of hydrogen-bond donors (Lipinski definition) is 1. The Kier molecular flexibility index (Phi) is 4.17. The van der Waals surface area contributed by atoms with Crippen LogP contribution >= 0.6 is 11.6 Å². The van der Waals surface area contributed by atoms with Crippen LogP contribution < -0.4 is 5.32 Å². The summed E-state index contributed by atoms with van der Waals surface area (Å²) in [5.41, 5.74) is 2.15. The lowest BCUT2D eigenvalue weighted by Gasteiger charge is -2.16. The maximum absolute atomic E-state index is 13.8. The quantitative estimate of drug-likeness (QED) is 0.936. The van der Waals surface area contributed by atoms with E-state index in [0.29, 0.717) is 17.3 Å². The highest BCUT2D eigenvalue weighted by Gasteiger charge is 2.20. The van der Waals surface area contributed by atoms with Crippen LogP contribution in [0, 0.1) is 12.7 Å². The van der Waals surface area contributed by atoms with Crippen LogP contribution in [0.15, 0.2) is 18.3 Å². The van der Waals surface area contributed by atoms with Gasteiger partial charge in [-0.1, -0.05) is 11.6 Å². The molecule has 19 heavy (non-hydrogen) atoms. The summed E-state index contributed by atoms with van der Waals surface area (Å²) in [5.74, 6) is -0.320. The molecule has 0 aliphatic carbocycles. The Hall–Kier alpha value is -1.46. The van der Waals surface area contributed by atoms with Crippen molar-refractivity contribution < 1.29 is 4.39 Å². The lowest BCUT2D eigenvalue weighted by Crippen LogP contribution is -2.21. The lowest BCUT2D eigenvalue weighted by molar-refractivity contribution is 0.516. The molecule has 2 rings (SSSR count). The molecule has 2 aromatic heterocycles. The van der Waals surface area contributed by atoms with Gasteiger partial charge in [-0.05, 0) is 32.5 Å².